The van der Waals surface area contributed by atoms with E-state index in [1.54, 1.807) is 4.90 Å². The van der Waals surface area contributed by atoms with Gasteiger partial charge in [0.2, 0.25) is 11.8 Å². The number of rotatable bonds is 2. The van der Waals surface area contributed by atoms with Crippen LogP contribution in [0.2, 0.25) is 0 Å². The minimum Gasteiger partial charge on any atom is -0.444 e. The van der Waals surface area contributed by atoms with Gasteiger partial charge < -0.3 is 9.64 Å². The summed E-state index contributed by atoms with van der Waals surface area (Å²) in [5.74, 6) is -0.195. The van der Waals surface area contributed by atoms with E-state index in [2.05, 4.69) is 0 Å². The Morgan fingerprint density at radius 3 is 2.14 bits per heavy atom. The molecule has 0 radical (unpaired) electrons. The van der Waals surface area contributed by atoms with Crippen LogP contribution in [-0.2, 0) is 14.3 Å². The summed E-state index contributed by atoms with van der Waals surface area (Å²) < 4.78 is 6.64. The Morgan fingerprint density at radius 2 is 1.67 bits per heavy atom. The van der Waals surface area contributed by atoms with Crippen molar-refractivity contribution in [3.63, 3.8) is 0 Å². The molecule has 2 rings (SSSR count). The second-order valence-corrected chi connectivity index (χ2v) is 7.60. The van der Waals surface area contributed by atoms with Crippen molar-refractivity contribution in [1.82, 2.24) is 9.21 Å². The first-order valence-corrected chi connectivity index (χ1v) is 8.10. The number of imide groups is 1. The lowest BCUT2D eigenvalue weighted by molar-refractivity contribution is -0.131. The summed E-state index contributed by atoms with van der Waals surface area (Å²) in [6, 6.07) is 0. The normalized spacial score (nSPS) is 21.1. The van der Waals surface area contributed by atoms with Gasteiger partial charge in [0.15, 0.2) is 0 Å². The monoisotopic (exact) mass is 314 g/mol. The molecule has 0 spiro atoms. The Bertz CT molecular complexity index is 423. The SMILES string of the molecule is CC(C)(C)OC(=O)N1CCC(SN2C(=O)CCC2=O)CC1. The second-order valence-electron chi connectivity index (χ2n) is 6.35. The molecule has 21 heavy (non-hydrogen) atoms. The molecule has 7 heteroatoms. The van der Waals surface area contributed by atoms with Crippen molar-refractivity contribution in [1.29, 1.82) is 0 Å². The molecule has 0 aromatic carbocycles. The number of piperidine rings is 1. The highest BCUT2D eigenvalue weighted by Crippen LogP contribution is 2.31. The number of carbonyl (C=O) groups excluding carboxylic acids is 3. The lowest BCUT2D eigenvalue weighted by atomic mass is 10.1. The van der Waals surface area contributed by atoms with Crippen LogP contribution in [0.1, 0.15) is 46.5 Å². The van der Waals surface area contributed by atoms with Gasteiger partial charge in [0.25, 0.3) is 0 Å². The Morgan fingerprint density at radius 1 is 1.14 bits per heavy atom. The van der Waals surface area contributed by atoms with Crippen molar-refractivity contribution < 1.29 is 19.1 Å². The highest BCUT2D eigenvalue weighted by atomic mass is 32.2. The molecule has 2 aliphatic rings. The lowest BCUT2D eigenvalue weighted by Crippen LogP contribution is -2.43. The minimum atomic E-state index is -0.489. The van der Waals surface area contributed by atoms with Crippen LogP contribution < -0.4 is 0 Å². The van der Waals surface area contributed by atoms with Crippen molar-refractivity contribution in [2.75, 3.05) is 13.1 Å². The molecular formula is C14H22N2O4S. The van der Waals surface area contributed by atoms with Gasteiger partial charge in [-0.1, -0.05) is 0 Å². The number of carbonyl (C=O) groups is 3. The van der Waals surface area contributed by atoms with Crippen LogP contribution in [0.25, 0.3) is 0 Å². The fraction of sp³-hybridized carbons (Fsp3) is 0.786. The Kier molecular flexibility index (Phi) is 4.81. The zero-order chi connectivity index (χ0) is 15.6. The standard InChI is InChI=1S/C14H22N2O4S/c1-14(2,3)20-13(19)15-8-6-10(7-9-15)21-16-11(17)4-5-12(16)18/h10H,4-9H2,1-3H3. The van der Waals surface area contributed by atoms with E-state index in [0.29, 0.717) is 25.9 Å². The van der Waals surface area contributed by atoms with Crippen LogP contribution in [0.4, 0.5) is 4.79 Å². The second kappa shape index (κ2) is 6.25. The Hall–Kier alpha value is -1.24. The van der Waals surface area contributed by atoms with Gasteiger partial charge >= 0.3 is 6.09 Å². The number of hydrogen-bond donors (Lipinski definition) is 0. The summed E-state index contributed by atoms with van der Waals surface area (Å²) in [5, 5.41) is 0.203. The summed E-state index contributed by atoms with van der Waals surface area (Å²) in [6.45, 7) is 6.74. The van der Waals surface area contributed by atoms with Gasteiger partial charge in [0, 0.05) is 31.2 Å². The summed E-state index contributed by atoms with van der Waals surface area (Å²) in [5.41, 5.74) is -0.489. The summed E-state index contributed by atoms with van der Waals surface area (Å²) in [4.78, 5) is 36.8. The maximum Gasteiger partial charge on any atom is 0.410 e. The molecule has 2 heterocycles. The van der Waals surface area contributed by atoms with E-state index in [1.165, 1.54) is 16.3 Å². The molecule has 2 fully saturated rings. The molecule has 0 aromatic rings. The van der Waals surface area contributed by atoms with Crippen molar-refractivity contribution in [2.45, 2.75) is 57.3 Å². The van der Waals surface area contributed by atoms with Gasteiger partial charge in [-0.2, -0.15) is 0 Å². The fourth-order valence-corrected chi connectivity index (χ4v) is 3.43. The molecule has 0 unspecified atom stereocenters. The van der Waals surface area contributed by atoms with Gasteiger partial charge in [0.05, 0.1) is 0 Å². The van der Waals surface area contributed by atoms with E-state index in [-0.39, 0.29) is 23.2 Å². The topological polar surface area (TPSA) is 66.9 Å². The number of ether oxygens (including phenoxy) is 1. The molecule has 2 saturated heterocycles. The average molecular weight is 314 g/mol. The molecule has 6 nitrogen and oxygen atoms in total. The first kappa shape index (κ1) is 16.1. The largest absolute Gasteiger partial charge is 0.444 e. The summed E-state index contributed by atoms with van der Waals surface area (Å²) in [7, 11) is 0. The molecular weight excluding hydrogens is 292 g/mol. The average Bonchev–Trinajstić information content (AvgIpc) is 2.69. The van der Waals surface area contributed by atoms with E-state index in [0.717, 1.165) is 12.8 Å². The quantitative estimate of drug-likeness (QED) is 0.577. The molecule has 0 N–H and O–H groups in total. The van der Waals surface area contributed by atoms with Gasteiger partial charge in [-0.15, -0.1) is 0 Å². The number of amides is 3. The predicted molar refractivity (Wildman–Crippen MR) is 79.5 cm³/mol. The van der Waals surface area contributed by atoms with Crippen molar-refractivity contribution in [2.24, 2.45) is 0 Å². The predicted octanol–water partition coefficient (Wildman–Crippen LogP) is 2.18. The van der Waals surface area contributed by atoms with Crippen LogP contribution >= 0.6 is 11.9 Å². The molecule has 0 atom stereocenters. The number of hydrogen-bond acceptors (Lipinski definition) is 5. The molecule has 0 aliphatic carbocycles. The molecule has 0 bridgehead atoms. The van der Waals surface area contributed by atoms with Crippen LogP contribution in [-0.4, -0.2) is 51.1 Å². The van der Waals surface area contributed by atoms with Crippen molar-refractivity contribution in [3.8, 4) is 0 Å². The smallest absolute Gasteiger partial charge is 0.410 e. The number of likely N-dealkylation sites (tertiary alicyclic amines) is 1. The molecule has 118 valence electrons. The van der Waals surface area contributed by atoms with Gasteiger partial charge in [-0.05, 0) is 45.6 Å². The van der Waals surface area contributed by atoms with Crippen LogP contribution in [0, 0.1) is 0 Å². The van der Waals surface area contributed by atoms with Crippen molar-refractivity contribution in [3.05, 3.63) is 0 Å². The minimum absolute atomic E-state index is 0.0976. The van der Waals surface area contributed by atoms with Gasteiger partial charge in [-0.3, -0.25) is 9.59 Å². The molecule has 0 saturated carbocycles. The maximum atomic E-state index is 11.9. The Labute approximate surface area is 129 Å². The first-order valence-electron chi connectivity index (χ1n) is 7.27. The third kappa shape index (κ3) is 4.36. The Balaban J connectivity index is 1.79. The van der Waals surface area contributed by atoms with Crippen LogP contribution in [0.15, 0.2) is 0 Å². The van der Waals surface area contributed by atoms with Crippen molar-refractivity contribution >= 4 is 29.9 Å². The molecule has 0 aromatic heterocycles. The third-order valence-electron chi connectivity index (χ3n) is 3.35. The zero-order valence-corrected chi connectivity index (χ0v) is 13.6. The van der Waals surface area contributed by atoms with Crippen LogP contribution in [0.5, 0.6) is 0 Å². The highest BCUT2D eigenvalue weighted by Gasteiger charge is 2.34. The lowest BCUT2D eigenvalue weighted by Gasteiger charge is -2.33. The summed E-state index contributed by atoms with van der Waals surface area (Å²) >= 11 is 1.33. The molecule has 3 amide bonds. The summed E-state index contributed by atoms with van der Waals surface area (Å²) in [6.07, 6.45) is 1.88. The first-order chi connectivity index (χ1) is 9.76. The van der Waals surface area contributed by atoms with E-state index >= 15 is 0 Å². The van der Waals surface area contributed by atoms with Crippen LogP contribution in [0.3, 0.4) is 0 Å². The van der Waals surface area contributed by atoms with E-state index in [4.69, 9.17) is 4.74 Å². The zero-order valence-electron chi connectivity index (χ0n) is 12.8. The van der Waals surface area contributed by atoms with E-state index in [9.17, 15) is 14.4 Å². The fourth-order valence-electron chi connectivity index (χ4n) is 2.29. The third-order valence-corrected chi connectivity index (χ3v) is 4.74. The highest BCUT2D eigenvalue weighted by molar-refractivity contribution is 7.98. The van der Waals surface area contributed by atoms with Gasteiger partial charge in [0.1, 0.15) is 5.60 Å². The van der Waals surface area contributed by atoms with E-state index in [1.807, 2.05) is 20.8 Å². The van der Waals surface area contributed by atoms with E-state index < -0.39 is 5.60 Å². The number of nitrogens with zero attached hydrogens (tertiary/aromatic N) is 2. The maximum absolute atomic E-state index is 11.9. The molecule has 2 aliphatic heterocycles. The van der Waals surface area contributed by atoms with Gasteiger partial charge in [-0.25, -0.2) is 9.10 Å².